The quantitative estimate of drug-likeness (QED) is 0.701. The highest BCUT2D eigenvalue weighted by Gasteiger charge is 2.31. The number of benzene rings is 1. The number of likely N-dealkylation sites (tertiary alicyclic amines) is 1. The van der Waals surface area contributed by atoms with Crippen molar-refractivity contribution in [1.82, 2.24) is 9.21 Å². The molecule has 2 aliphatic heterocycles. The minimum Gasteiger partial charge on any atom is -0.324 e. The molecular formula is C23H37N3O3S. The van der Waals surface area contributed by atoms with E-state index in [1.807, 2.05) is 19.9 Å². The van der Waals surface area contributed by atoms with Gasteiger partial charge in [0.1, 0.15) is 0 Å². The fourth-order valence-corrected chi connectivity index (χ4v) is 6.41. The summed E-state index contributed by atoms with van der Waals surface area (Å²) in [4.78, 5) is 15.8. The first-order chi connectivity index (χ1) is 14.4. The van der Waals surface area contributed by atoms with E-state index in [-0.39, 0.29) is 11.9 Å². The van der Waals surface area contributed by atoms with E-state index < -0.39 is 10.0 Å². The first-order valence-electron chi connectivity index (χ1n) is 11.5. The molecule has 2 fully saturated rings. The van der Waals surface area contributed by atoms with Gasteiger partial charge in [0.05, 0.1) is 10.9 Å². The standard InChI is InChI=1S/C23H37N3O3S/c1-4-5-14-25-15-10-7-11-20(25)23(27)24-22-18(2)12-13-21(19(22)3)30(28,29)26-16-8-6-9-17-26/h12-13,20H,4-11,14-17H2,1-3H3,(H,24,27)/t20-/m1/s1. The zero-order chi connectivity index (χ0) is 21.7. The summed E-state index contributed by atoms with van der Waals surface area (Å²) in [7, 11) is -3.54. The summed E-state index contributed by atoms with van der Waals surface area (Å²) in [6, 6.07) is 3.37. The van der Waals surface area contributed by atoms with Gasteiger partial charge in [-0.25, -0.2) is 8.42 Å². The minimum atomic E-state index is -3.54. The smallest absolute Gasteiger partial charge is 0.243 e. The monoisotopic (exact) mass is 435 g/mol. The van der Waals surface area contributed by atoms with Gasteiger partial charge in [-0.15, -0.1) is 0 Å². The normalized spacial score (nSPS) is 21.5. The molecular weight excluding hydrogens is 398 g/mol. The third-order valence-corrected chi connectivity index (χ3v) is 8.56. The van der Waals surface area contributed by atoms with Crippen LogP contribution in [-0.4, -0.2) is 55.8 Å². The van der Waals surface area contributed by atoms with Crippen molar-refractivity contribution >= 4 is 21.6 Å². The molecule has 6 nitrogen and oxygen atoms in total. The first kappa shape index (κ1) is 23.2. The molecule has 2 aliphatic rings. The summed E-state index contributed by atoms with van der Waals surface area (Å²) in [5, 5.41) is 3.11. The number of aryl methyl sites for hydroxylation is 1. The molecule has 2 saturated heterocycles. The number of carbonyl (C=O) groups excluding carboxylic acids is 1. The van der Waals surface area contributed by atoms with Gasteiger partial charge in [0.15, 0.2) is 0 Å². The number of anilines is 1. The molecule has 1 aromatic carbocycles. The van der Waals surface area contributed by atoms with Crippen LogP contribution in [0.5, 0.6) is 0 Å². The number of nitrogens with one attached hydrogen (secondary N) is 1. The molecule has 7 heteroatoms. The highest BCUT2D eigenvalue weighted by atomic mass is 32.2. The minimum absolute atomic E-state index is 0.00970. The molecule has 0 saturated carbocycles. The lowest BCUT2D eigenvalue weighted by Gasteiger charge is -2.35. The predicted octanol–water partition coefficient (Wildman–Crippen LogP) is 4.07. The van der Waals surface area contributed by atoms with Crippen LogP contribution in [0.4, 0.5) is 5.69 Å². The molecule has 1 atom stereocenters. The molecule has 0 bridgehead atoms. The lowest BCUT2D eigenvalue weighted by molar-refractivity contribution is -0.122. The Kier molecular flexibility index (Phi) is 7.93. The second kappa shape index (κ2) is 10.2. The number of piperidine rings is 2. The Morgan fingerprint density at radius 1 is 1.07 bits per heavy atom. The Labute approximate surface area is 182 Å². The van der Waals surface area contributed by atoms with Gasteiger partial charge in [0.2, 0.25) is 15.9 Å². The number of nitrogens with zero attached hydrogens (tertiary/aromatic N) is 2. The number of amides is 1. The van der Waals surface area contributed by atoms with E-state index in [1.54, 1.807) is 10.4 Å². The Balaban J connectivity index is 1.83. The zero-order valence-corrected chi connectivity index (χ0v) is 19.6. The van der Waals surface area contributed by atoms with Crippen molar-refractivity contribution in [2.24, 2.45) is 0 Å². The Bertz CT molecular complexity index is 847. The number of unbranched alkanes of at least 4 members (excludes halogenated alkanes) is 1. The van der Waals surface area contributed by atoms with E-state index in [9.17, 15) is 13.2 Å². The molecule has 30 heavy (non-hydrogen) atoms. The van der Waals surface area contributed by atoms with Gasteiger partial charge in [0.25, 0.3) is 0 Å². The van der Waals surface area contributed by atoms with Gasteiger partial charge in [-0.1, -0.05) is 32.3 Å². The molecule has 1 aromatic rings. The van der Waals surface area contributed by atoms with Crippen molar-refractivity contribution < 1.29 is 13.2 Å². The summed E-state index contributed by atoms with van der Waals surface area (Å²) < 4.78 is 28.1. The van der Waals surface area contributed by atoms with Crippen molar-refractivity contribution in [3.63, 3.8) is 0 Å². The van der Waals surface area contributed by atoms with E-state index in [2.05, 4.69) is 17.1 Å². The third kappa shape index (κ3) is 5.06. The number of sulfonamides is 1. The van der Waals surface area contributed by atoms with Crippen LogP contribution in [0.25, 0.3) is 0 Å². The maximum Gasteiger partial charge on any atom is 0.243 e. The molecule has 168 valence electrons. The molecule has 0 unspecified atom stereocenters. The van der Waals surface area contributed by atoms with Crippen LogP contribution < -0.4 is 5.32 Å². The summed E-state index contributed by atoms with van der Waals surface area (Å²) >= 11 is 0. The molecule has 2 heterocycles. The third-order valence-electron chi connectivity index (χ3n) is 6.52. The van der Waals surface area contributed by atoms with Gasteiger partial charge < -0.3 is 5.32 Å². The van der Waals surface area contributed by atoms with Crippen LogP contribution in [0, 0.1) is 13.8 Å². The van der Waals surface area contributed by atoms with Gasteiger partial charge in [-0.3, -0.25) is 9.69 Å². The number of hydrogen-bond acceptors (Lipinski definition) is 4. The van der Waals surface area contributed by atoms with Crippen LogP contribution in [0.2, 0.25) is 0 Å². The van der Waals surface area contributed by atoms with Crippen LogP contribution in [0.15, 0.2) is 17.0 Å². The lowest BCUT2D eigenvalue weighted by Crippen LogP contribution is -2.47. The lowest BCUT2D eigenvalue weighted by atomic mass is 10.00. The number of hydrogen-bond donors (Lipinski definition) is 1. The largest absolute Gasteiger partial charge is 0.324 e. The van der Waals surface area contributed by atoms with Crippen molar-refractivity contribution in [3.05, 3.63) is 23.3 Å². The SMILES string of the molecule is CCCCN1CCCC[C@@H]1C(=O)Nc1c(C)ccc(S(=O)(=O)N2CCCCC2)c1C. The van der Waals surface area contributed by atoms with Crippen molar-refractivity contribution in [1.29, 1.82) is 0 Å². The number of carbonyl (C=O) groups is 1. The van der Waals surface area contributed by atoms with Gasteiger partial charge in [-0.05, 0) is 76.2 Å². The maximum absolute atomic E-state index is 13.2. The van der Waals surface area contributed by atoms with Crippen LogP contribution in [0.1, 0.15) is 69.4 Å². The van der Waals surface area contributed by atoms with Crippen molar-refractivity contribution in [2.45, 2.75) is 83.1 Å². The second-order valence-corrected chi connectivity index (χ2v) is 10.6. The van der Waals surface area contributed by atoms with Gasteiger partial charge in [0, 0.05) is 18.8 Å². The summed E-state index contributed by atoms with van der Waals surface area (Å²) in [6.07, 6.45) is 8.14. The van der Waals surface area contributed by atoms with E-state index in [4.69, 9.17) is 0 Å². The Hall–Kier alpha value is -1.44. The average molecular weight is 436 g/mol. The Morgan fingerprint density at radius 3 is 2.47 bits per heavy atom. The van der Waals surface area contributed by atoms with E-state index in [1.165, 1.54) is 0 Å². The van der Waals surface area contributed by atoms with Gasteiger partial charge >= 0.3 is 0 Å². The molecule has 0 spiro atoms. The second-order valence-electron chi connectivity index (χ2n) is 8.74. The maximum atomic E-state index is 13.2. The fourth-order valence-electron chi connectivity index (χ4n) is 4.67. The molecule has 1 amide bonds. The summed E-state index contributed by atoms with van der Waals surface area (Å²) in [5.41, 5.74) is 2.19. The highest BCUT2D eigenvalue weighted by Crippen LogP contribution is 2.31. The Morgan fingerprint density at radius 2 is 1.77 bits per heavy atom. The van der Waals surface area contributed by atoms with E-state index >= 15 is 0 Å². The fraction of sp³-hybridized carbons (Fsp3) is 0.696. The van der Waals surface area contributed by atoms with Crippen molar-refractivity contribution in [3.8, 4) is 0 Å². The summed E-state index contributed by atoms with van der Waals surface area (Å²) in [6.45, 7) is 8.96. The highest BCUT2D eigenvalue weighted by molar-refractivity contribution is 7.89. The van der Waals surface area contributed by atoms with E-state index in [0.717, 1.165) is 70.0 Å². The van der Waals surface area contributed by atoms with E-state index in [0.29, 0.717) is 29.2 Å². The predicted molar refractivity (Wildman–Crippen MR) is 121 cm³/mol. The molecule has 3 rings (SSSR count). The van der Waals surface area contributed by atoms with Crippen molar-refractivity contribution in [2.75, 3.05) is 31.5 Å². The van der Waals surface area contributed by atoms with Gasteiger partial charge in [-0.2, -0.15) is 4.31 Å². The topological polar surface area (TPSA) is 69.7 Å². The molecule has 1 N–H and O–H groups in total. The summed E-state index contributed by atoms with van der Waals surface area (Å²) in [5.74, 6) is -0.00970. The zero-order valence-electron chi connectivity index (χ0n) is 18.7. The molecule has 0 radical (unpaired) electrons. The average Bonchev–Trinajstić information content (AvgIpc) is 2.75. The molecule has 0 aliphatic carbocycles. The first-order valence-corrected chi connectivity index (χ1v) is 13.0. The van der Waals surface area contributed by atoms with Crippen LogP contribution in [0.3, 0.4) is 0 Å². The molecule has 0 aromatic heterocycles. The van der Waals surface area contributed by atoms with Crippen LogP contribution >= 0.6 is 0 Å². The van der Waals surface area contributed by atoms with Crippen LogP contribution in [-0.2, 0) is 14.8 Å². The number of rotatable bonds is 7.